The Morgan fingerprint density at radius 3 is 2.31 bits per heavy atom. The third-order valence-corrected chi connectivity index (χ3v) is 1.83. The van der Waals surface area contributed by atoms with Crippen LogP contribution in [0.5, 0.6) is 0 Å². The number of halogens is 2. The van der Waals surface area contributed by atoms with E-state index in [-0.39, 0.29) is 11.0 Å². The second kappa shape index (κ2) is 3.85. The fourth-order valence-corrected chi connectivity index (χ4v) is 1.10. The minimum atomic E-state index is -2.52. The Morgan fingerprint density at radius 1 is 1.31 bits per heavy atom. The second-order valence-electron chi connectivity index (χ2n) is 2.79. The summed E-state index contributed by atoms with van der Waals surface area (Å²) in [6.07, 6.45) is -2.52. The first-order chi connectivity index (χ1) is 6.02. The van der Waals surface area contributed by atoms with Gasteiger partial charge in [-0.25, -0.2) is 8.78 Å². The van der Waals surface area contributed by atoms with E-state index in [0.717, 1.165) is 0 Å². The lowest BCUT2D eigenvalue weighted by Gasteiger charge is -2.06. The first-order valence-corrected chi connectivity index (χ1v) is 3.77. The highest BCUT2D eigenvalue weighted by Crippen LogP contribution is 2.20. The summed E-state index contributed by atoms with van der Waals surface area (Å²) >= 11 is 0. The van der Waals surface area contributed by atoms with Gasteiger partial charge in [-0.15, -0.1) is 0 Å². The van der Waals surface area contributed by atoms with E-state index in [9.17, 15) is 8.78 Å². The maximum atomic E-state index is 12.2. The number of benzene rings is 1. The average molecular weight is 186 g/mol. The Morgan fingerprint density at radius 2 is 1.92 bits per heavy atom. The van der Waals surface area contributed by atoms with Crippen molar-refractivity contribution in [3.8, 4) is 0 Å². The van der Waals surface area contributed by atoms with Crippen LogP contribution in [0.15, 0.2) is 18.2 Å². The molecule has 0 aliphatic heterocycles. The van der Waals surface area contributed by atoms with Crippen molar-refractivity contribution in [3.63, 3.8) is 0 Å². The fraction of sp³-hybridized carbons (Fsp3) is 0.250. The summed E-state index contributed by atoms with van der Waals surface area (Å²) in [6, 6.07) is 3.82. The van der Waals surface area contributed by atoms with Crippen LogP contribution in [0, 0.1) is 6.92 Å². The van der Waals surface area contributed by atoms with Crippen molar-refractivity contribution in [1.82, 2.24) is 0 Å². The smallest absolute Gasteiger partial charge is 0.423 e. The van der Waals surface area contributed by atoms with Crippen LogP contribution in [0.1, 0.15) is 17.6 Å². The number of alkyl halides is 2. The number of hydrogen-bond acceptors (Lipinski definition) is 2. The molecule has 0 fully saturated rings. The van der Waals surface area contributed by atoms with Gasteiger partial charge in [0.2, 0.25) is 0 Å². The molecule has 0 aliphatic rings. The van der Waals surface area contributed by atoms with Crippen molar-refractivity contribution < 1.29 is 18.8 Å². The maximum Gasteiger partial charge on any atom is 0.488 e. The Kier molecular flexibility index (Phi) is 3.00. The highest BCUT2D eigenvalue weighted by molar-refractivity contribution is 6.58. The van der Waals surface area contributed by atoms with Gasteiger partial charge < -0.3 is 10.0 Å². The molecule has 0 saturated heterocycles. The molecule has 0 aromatic heterocycles. The van der Waals surface area contributed by atoms with Crippen molar-refractivity contribution in [3.05, 3.63) is 29.3 Å². The van der Waals surface area contributed by atoms with Gasteiger partial charge in [-0.05, 0) is 17.9 Å². The van der Waals surface area contributed by atoms with Gasteiger partial charge in [0.15, 0.2) is 0 Å². The summed E-state index contributed by atoms with van der Waals surface area (Å²) < 4.78 is 24.5. The topological polar surface area (TPSA) is 40.5 Å². The van der Waals surface area contributed by atoms with Crippen LogP contribution < -0.4 is 5.46 Å². The normalized spacial score (nSPS) is 10.6. The highest BCUT2D eigenvalue weighted by atomic mass is 19.3. The lowest BCUT2D eigenvalue weighted by atomic mass is 9.79. The monoisotopic (exact) mass is 186 g/mol. The predicted octanol–water partition coefficient (Wildman–Crippen LogP) is 0.612. The highest BCUT2D eigenvalue weighted by Gasteiger charge is 2.15. The molecule has 0 amide bonds. The van der Waals surface area contributed by atoms with E-state index in [0.29, 0.717) is 5.56 Å². The maximum absolute atomic E-state index is 12.2. The molecule has 1 aromatic rings. The summed E-state index contributed by atoms with van der Waals surface area (Å²) in [4.78, 5) is 0. The van der Waals surface area contributed by atoms with Gasteiger partial charge in [-0.1, -0.05) is 18.2 Å². The molecule has 0 bridgehead atoms. The lowest BCUT2D eigenvalue weighted by molar-refractivity contribution is 0.150. The third-order valence-electron chi connectivity index (χ3n) is 1.83. The minimum absolute atomic E-state index is 0.0793. The van der Waals surface area contributed by atoms with Gasteiger partial charge in [0.1, 0.15) is 0 Å². The van der Waals surface area contributed by atoms with Crippen molar-refractivity contribution in [2.75, 3.05) is 0 Å². The van der Waals surface area contributed by atoms with Gasteiger partial charge in [0, 0.05) is 5.56 Å². The molecule has 0 aliphatic carbocycles. The zero-order valence-electron chi connectivity index (χ0n) is 7.04. The van der Waals surface area contributed by atoms with E-state index in [1.54, 1.807) is 0 Å². The Hall–Kier alpha value is -0.935. The molecule has 5 heteroatoms. The summed E-state index contributed by atoms with van der Waals surface area (Å²) in [5.41, 5.74) is 0.506. The summed E-state index contributed by atoms with van der Waals surface area (Å²) in [7, 11) is -1.61. The molecule has 0 heterocycles. The standard InChI is InChI=1S/C8H9BF2O2/c1-5-4-6(9(12)13)2-3-7(5)8(10)11/h2-4,8,12-13H,1H3. The van der Waals surface area contributed by atoms with E-state index in [1.165, 1.54) is 25.1 Å². The van der Waals surface area contributed by atoms with Crippen LogP contribution in [0.25, 0.3) is 0 Å². The van der Waals surface area contributed by atoms with Crippen molar-refractivity contribution >= 4 is 12.6 Å². The number of rotatable bonds is 2. The Bertz CT molecular complexity index is 302. The van der Waals surface area contributed by atoms with E-state index < -0.39 is 13.5 Å². The van der Waals surface area contributed by atoms with Gasteiger partial charge in [-0.2, -0.15) is 0 Å². The number of aryl methyl sites for hydroxylation is 1. The molecule has 2 N–H and O–H groups in total. The molecule has 1 rings (SSSR count). The molecule has 70 valence electrons. The van der Waals surface area contributed by atoms with Gasteiger partial charge in [-0.3, -0.25) is 0 Å². The molecule has 0 saturated carbocycles. The Labute approximate surface area is 75.0 Å². The molecule has 1 aromatic carbocycles. The summed E-state index contributed by atoms with van der Waals surface area (Å²) in [5.74, 6) is 0. The largest absolute Gasteiger partial charge is 0.488 e. The van der Waals surface area contributed by atoms with Gasteiger partial charge in [0.05, 0.1) is 0 Å². The fourth-order valence-electron chi connectivity index (χ4n) is 1.10. The average Bonchev–Trinajstić information content (AvgIpc) is 2.03. The van der Waals surface area contributed by atoms with Crippen LogP contribution in [0.3, 0.4) is 0 Å². The van der Waals surface area contributed by atoms with E-state index in [2.05, 4.69) is 0 Å². The SMILES string of the molecule is Cc1cc(B(O)O)ccc1C(F)F. The van der Waals surface area contributed by atoms with Crippen molar-refractivity contribution in [2.45, 2.75) is 13.3 Å². The zero-order valence-corrected chi connectivity index (χ0v) is 7.04. The molecular weight excluding hydrogens is 177 g/mol. The molecule has 0 spiro atoms. The molecule has 13 heavy (non-hydrogen) atoms. The molecule has 0 atom stereocenters. The first kappa shape index (κ1) is 10.1. The molecule has 0 unspecified atom stereocenters. The van der Waals surface area contributed by atoms with Crippen molar-refractivity contribution in [2.24, 2.45) is 0 Å². The van der Waals surface area contributed by atoms with Crippen LogP contribution >= 0.6 is 0 Å². The third kappa shape index (κ3) is 2.26. The minimum Gasteiger partial charge on any atom is -0.423 e. The van der Waals surface area contributed by atoms with Crippen LogP contribution in [0.4, 0.5) is 8.78 Å². The summed E-state index contributed by atoms with van der Waals surface area (Å²) in [5, 5.41) is 17.5. The summed E-state index contributed by atoms with van der Waals surface area (Å²) in [6.45, 7) is 1.51. The predicted molar refractivity (Wildman–Crippen MR) is 46.0 cm³/mol. The second-order valence-corrected chi connectivity index (χ2v) is 2.79. The zero-order chi connectivity index (χ0) is 10.0. The Balaban J connectivity index is 3.06. The van der Waals surface area contributed by atoms with Gasteiger partial charge in [0.25, 0.3) is 6.43 Å². The molecular formula is C8H9BF2O2. The van der Waals surface area contributed by atoms with Crippen LogP contribution in [-0.4, -0.2) is 17.2 Å². The quantitative estimate of drug-likeness (QED) is 0.664. The van der Waals surface area contributed by atoms with Crippen LogP contribution in [-0.2, 0) is 0 Å². The lowest BCUT2D eigenvalue weighted by Crippen LogP contribution is -2.30. The van der Waals surface area contributed by atoms with Crippen molar-refractivity contribution in [1.29, 1.82) is 0 Å². The van der Waals surface area contributed by atoms with Crippen LogP contribution in [0.2, 0.25) is 0 Å². The van der Waals surface area contributed by atoms with E-state index in [4.69, 9.17) is 10.0 Å². The first-order valence-electron chi connectivity index (χ1n) is 3.77. The number of hydrogen-bond donors (Lipinski definition) is 2. The van der Waals surface area contributed by atoms with Gasteiger partial charge >= 0.3 is 7.12 Å². The molecule has 0 radical (unpaired) electrons. The molecule has 2 nitrogen and oxygen atoms in total. The van der Waals surface area contributed by atoms with E-state index in [1.807, 2.05) is 0 Å². The van der Waals surface area contributed by atoms with E-state index >= 15 is 0 Å².